The molecule has 0 saturated heterocycles. The highest BCUT2D eigenvalue weighted by Crippen LogP contribution is 2.17. The molecule has 2 aromatic rings. The van der Waals surface area contributed by atoms with Gasteiger partial charge >= 0.3 is 0 Å². The van der Waals surface area contributed by atoms with Crippen molar-refractivity contribution in [3.05, 3.63) is 54.1 Å². The lowest BCUT2D eigenvalue weighted by atomic mass is 10.2. The lowest BCUT2D eigenvalue weighted by molar-refractivity contribution is -0.114. The number of hydrogen-bond acceptors (Lipinski definition) is 6. The Labute approximate surface area is 166 Å². The Bertz CT molecular complexity index is 1030. The summed E-state index contributed by atoms with van der Waals surface area (Å²) in [5.41, 5.74) is 0.991. The van der Waals surface area contributed by atoms with Gasteiger partial charge in [-0.2, -0.15) is 0 Å². The molecule has 0 aromatic heterocycles. The lowest BCUT2D eigenvalue weighted by Gasteiger charge is -2.01. The average molecular weight is 452 g/mol. The lowest BCUT2D eigenvalue weighted by Crippen LogP contribution is -2.05. The van der Waals surface area contributed by atoms with E-state index in [0.29, 0.717) is 11.3 Å². The van der Waals surface area contributed by atoms with Crippen LogP contribution in [0.4, 0.5) is 5.69 Å². The Hall–Kier alpha value is -1.94. The number of hydrogen-bond donors (Lipinski definition) is 1. The second-order valence-electron chi connectivity index (χ2n) is 5.16. The molecule has 0 aliphatic carbocycles. The molecule has 0 bridgehead atoms. The van der Waals surface area contributed by atoms with Gasteiger partial charge in [0.05, 0.1) is 9.79 Å². The number of Topliss-reactive ketones (excluding diaryl/α,β-unsaturated/α-hetero) is 1. The summed E-state index contributed by atoms with van der Waals surface area (Å²) in [6.45, 7) is 2.77. The standard InChI is InChI=1S/C8H8ClNO3S.C8H7ClO3S/c1-6(11)10-7-2-4-8(5-3-7)14(9,12)13;1-6(10)7-2-4-8(5-3-7)13(9,11)12/h2-5H,1H3,(H,10,11);2-5H,1H3. The first kappa shape index (κ1) is 23.1. The zero-order valence-electron chi connectivity index (χ0n) is 14.1. The summed E-state index contributed by atoms with van der Waals surface area (Å²) in [5, 5.41) is 2.51. The van der Waals surface area contributed by atoms with Crippen molar-refractivity contribution < 1.29 is 26.4 Å². The van der Waals surface area contributed by atoms with Crippen LogP contribution in [0.15, 0.2) is 58.3 Å². The smallest absolute Gasteiger partial charge is 0.261 e. The molecule has 0 unspecified atom stereocenters. The molecule has 0 heterocycles. The zero-order chi connectivity index (χ0) is 20.8. The maximum absolute atomic E-state index is 10.8. The van der Waals surface area contributed by atoms with Crippen LogP contribution in [0.1, 0.15) is 24.2 Å². The highest BCUT2D eigenvalue weighted by molar-refractivity contribution is 8.14. The van der Waals surface area contributed by atoms with Gasteiger partial charge in [0.25, 0.3) is 18.1 Å². The Kier molecular flexibility index (Phi) is 7.97. The van der Waals surface area contributed by atoms with Crippen molar-refractivity contribution in [1.29, 1.82) is 0 Å². The van der Waals surface area contributed by atoms with Gasteiger partial charge in [0.2, 0.25) is 5.91 Å². The van der Waals surface area contributed by atoms with Crippen LogP contribution in [0, 0.1) is 0 Å². The van der Waals surface area contributed by atoms with Crippen molar-refractivity contribution in [2.24, 2.45) is 0 Å². The third kappa shape index (κ3) is 8.08. The van der Waals surface area contributed by atoms with Crippen molar-refractivity contribution >= 4 is 56.8 Å². The average Bonchev–Trinajstić information content (AvgIpc) is 2.54. The van der Waals surface area contributed by atoms with Crippen molar-refractivity contribution in [3.8, 4) is 0 Å². The van der Waals surface area contributed by atoms with Gasteiger partial charge in [-0.1, -0.05) is 12.1 Å². The molecule has 0 aliphatic rings. The molecular weight excluding hydrogens is 437 g/mol. The molecule has 146 valence electrons. The zero-order valence-corrected chi connectivity index (χ0v) is 17.3. The molecule has 1 amide bonds. The molecular formula is C16H15Cl2NO6S2. The van der Waals surface area contributed by atoms with E-state index in [1.807, 2.05) is 0 Å². The molecule has 7 nitrogen and oxygen atoms in total. The molecule has 0 aliphatic heterocycles. The SMILES string of the molecule is CC(=O)Nc1ccc(S(=O)(=O)Cl)cc1.CC(=O)c1ccc(S(=O)(=O)Cl)cc1. The predicted octanol–water partition coefficient (Wildman–Crippen LogP) is 3.39. The second kappa shape index (κ2) is 9.32. The summed E-state index contributed by atoms with van der Waals surface area (Å²) in [4.78, 5) is 21.5. The van der Waals surface area contributed by atoms with E-state index in [2.05, 4.69) is 5.32 Å². The summed E-state index contributed by atoms with van der Waals surface area (Å²) in [6, 6.07) is 11.1. The van der Waals surface area contributed by atoms with Gasteiger partial charge < -0.3 is 5.32 Å². The normalized spacial score (nSPS) is 11.1. The van der Waals surface area contributed by atoms with Crippen LogP contribution < -0.4 is 5.32 Å². The van der Waals surface area contributed by atoms with E-state index in [0.717, 1.165) is 0 Å². The van der Waals surface area contributed by atoms with Gasteiger partial charge in [-0.05, 0) is 43.3 Å². The molecule has 0 atom stereocenters. The van der Waals surface area contributed by atoms with Gasteiger partial charge in [0, 0.05) is 39.5 Å². The number of halogens is 2. The summed E-state index contributed by atoms with van der Waals surface area (Å²) >= 11 is 0. The number of carbonyl (C=O) groups is 2. The largest absolute Gasteiger partial charge is 0.326 e. The van der Waals surface area contributed by atoms with Crippen molar-refractivity contribution in [1.82, 2.24) is 0 Å². The van der Waals surface area contributed by atoms with Gasteiger partial charge in [0.15, 0.2) is 5.78 Å². The van der Waals surface area contributed by atoms with Crippen LogP contribution >= 0.6 is 21.4 Å². The topological polar surface area (TPSA) is 114 Å². The molecule has 2 aromatic carbocycles. The van der Waals surface area contributed by atoms with Gasteiger partial charge in [-0.3, -0.25) is 9.59 Å². The quantitative estimate of drug-likeness (QED) is 0.562. The molecule has 1 N–H and O–H groups in total. The number of rotatable bonds is 4. The highest BCUT2D eigenvalue weighted by Gasteiger charge is 2.10. The third-order valence-corrected chi connectivity index (χ3v) is 5.74. The summed E-state index contributed by atoms with van der Waals surface area (Å²) in [6.07, 6.45) is 0. The van der Waals surface area contributed by atoms with Gasteiger partial charge in [0.1, 0.15) is 0 Å². The molecule has 0 fully saturated rings. The first-order valence-corrected chi connectivity index (χ1v) is 11.8. The van der Waals surface area contributed by atoms with Crippen molar-refractivity contribution in [2.45, 2.75) is 23.6 Å². The maximum atomic E-state index is 10.8. The van der Waals surface area contributed by atoms with Crippen LogP contribution in [0.3, 0.4) is 0 Å². The molecule has 0 radical (unpaired) electrons. The van der Waals surface area contributed by atoms with Crippen LogP contribution in [-0.4, -0.2) is 28.5 Å². The van der Waals surface area contributed by atoms with Crippen LogP contribution in [0.25, 0.3) is 0 Å². The van der Waals surface area contributed by atoms with Crippen molar-refractivity contribution in [3.63, 3.8) is 0 Å². The van der Waals surface area contributed by atoms with Crippen LogP contribution in [0.2, 0.25) is 0 Å². The first-order valence-electron chi connectivity index (χ1n) is 7.18. The molecule has 11 heteroatoms. The second-order valence-corrected chi connectivity index (χ2v) is 10.3. The molecule has 0 saturated carbocycles. The van der Waals surface area contributed by atoms with Gasteiger partial charge in [-0.15, -0.1) is 0 Å². The summed E-state index contributed by atoms with van der Waals surface area (Å²) in [5.74, 6) is -0.329. The van der Waals surface area contributed by atoms with Crippen LogP contribution in [-0.2, 0) is 22.9 Å². The molecule has 27 heavy (non-hydrogen) atoms. The monoisotopic (exact) mass is 451 g/mol. The Balaban J connectivity index is 0.000000271. The fourth-order valence-electron chi connectivity index (χ4n) is 1.76. The van der Waals surface area contributed by atoms with E-state index in [1.54, 1.807) is 0 Å². The van der Waals surface area contributed by atoms with Gasteiger partial charge in [-0.25, -0.2) is 16.8 Å². The maximum Gasteiger partial charge on any atom is 0.261 e. The van der Waals surface area contributed by atoms with Crippen molar-refractivity contribution in [2.75, 3.05) is 5.32 Å². The van der Waals surface area contributed by atoms with Crippen LogP contribution in [0.5, 0.6) is 0 Å². The minimum atomic E-state index is -3.69. The van der Waals surface area contributed by atoms with E-state index in [4.69, 9.17) is 21.4 Å². The predicted molar refractivity (Wildman–Crippen MR) is 103 cm³/mol. The Morgan fingerprint density at radius 3 is 1.41 bits per heavy atom. The number of anilines is 1. The van der Waals surface area contributed by atoms with E-state index in [-0.39, 0.29) is 21.5 Å². The van der Waals surface area contributed by atoms with E-state index in [9.17, 15) is 26.4 Å². The Morgan fingerprint density at radius 1 is 0.741 bits per heavy atom. The number of amides is 1. The highest BCUT2D eigenvalue weighted by atomic mass is 35.7. The fourth-order valence-corrected chi connectivity index (χ4v) is 3.30. The van der Waals surface area contributed by atoms with E-state index in [1.165, 1.54) is 62.4 Å². The van der Waals surface area contributed by atoms with E-state index >= 15 is 0 Å². The number of carbonyl (C=O) groups excluding carboxylic acids is 2. The number of ketones is 1. The fraction of sp³-hybridized carbons (Fsp3) is 0.125. The van der Waals surface area contributed by atoms with E-state index < -0.39 is 18.1 Å². The first-order chi connectivity index (χ1) is 12.3. The number of nitrogens with one attached hydrogen (secondary N) is 1. The minimum absolute atomic E-state index is 0.000772. The Morgan fingerprint density at radius 2 is 1.11 bits per heavy atom. The summed E-state index contributed by atoms with van der Waals surface area (Å²) < 4.78 is 43.3. The summed E-state index contributed by atoms with van der Waals surface area (Å²) in [7, 11) is 2.81. The number of benzene rings is 2. The minimum Gasteiger partial charge on any atom is -0.326 e. The molecule has 0 spiro atoms. The molecule has 2 rings (SSSR count). The third-order valence-electron chi connectivity index (χ3n) is 3.00.